The third kappa shape index (κ3) is 3.35. The summed E-state index contributed by atoms with van der Waals surface area (Å²) in [6, 6.07) is 9.74. The van der Waals surface area contributed by atoms with E-state index in [-0.39, 0.29) is 5.56 Å². The third-order valence-corrected chi connectivity index (χ3v) is 6.07. The van der Waals surface area contributed by atoms with Gasteiger partial charge in [0.1, 0.15) is 5.76 Å². The van der Waals surface area contributed by atoms with Gasteiger partial charge in [-0.15, -0.1) is 0 Å². The molecule has 3 heterocycles. The molecule has 0 aliphatic carbocycles. The topological polar surface area (TPSA) is 58.2 Å². The van der Waals surface area contributed by atoms with Crippen molar-refractivity contribution in [2.24, 2.45) is 14.1 Å². The van der Waals surface area contributed by atoms with Gasteiger partial charge in [0.05, 0.1) is 28.0 Å². The third-order valence-electron chi connectivity index (χ3n) is 6.07. The normalized spacial score (nSPS) is 16.0. The molecule has 4 rings (SSSR count). The summed E-state index contributed by atoms with van der Waals surface area (Å²) in [5, 5.41) is 0.422. The number of ether oxygens (including phenoxy) is 1. The lowest BCUT2D eigenvalue weighted by atomic mass is 10.0. The number of rotatable bonds is 6. The molecule has 172 valence electrons. The Labute approximate surface area is 198 Å². The smallest absolute Gasteiger partial charge is 0.331 e. The number of hydrogen-bond donors (Lipinski definition) is 0. The van der Waals surface area contributed by atoms with Gasteiger partial charge in [-0.3, -0.25) is 13.9 Å². The standard InChI is InChI=1S/C28H27N3O3/c1-7-10-17-21-18(4)31-23(19(9-3)14-8-2)22-24(29(5)28(33)30(6)27(22)32)25(31)26(34-21)20-15-12-11-13-16-20/h7-17,26H,1-3H2,4-6H3/b17-10-,19-14+. The summed E-state index contributed by atoms with van der Waals surface area (Å²) < 4.78 is 11.2. The molecule has 0 fully saturated rings. The van der Waals surface area contributed by atoms with Gasteiger partial charge in [-0.2, -0.15) is 0 Å². The van der Waals surface area contributed by atoms with Crippen LogP contribution in [0.4, 0.5) is 0 Å². The van der Waals surface area contributed by atoms with Crippen molar-refractivity contribution >= 4 is 22.2 Å². The van der Waals surface area contributed by atoms with Crippen LogP contribution in [0.25, 0.3) is 22.2 Å². The van der Waals surface area contributed by atoms with Gasteiger partial charge >= 0.3 is 5.69 Å². The maximum atomic E-state index is 13.5. The molecule has 1 unspecified atom stereocenters. The van der Waals surface area contributed by atoms with Gasteiger partial charge in [0.25, 0.3) is 5.56 Å². The van der Waals surface area contributed by atoms with Gasteiger partial charge in [0.2, 0.25) is 0 Å². The molecule has 0 spiro atoms. The highest BCUT2D eigenvalue weighted by Crippen LogP contribution is 2.44. The molecule has 2 aromatic heterocycles. The lowest BCUT2D eigenvalue weighted by Gasteiger charge is -2.30. The van der Waals surface area contributed by atoms with Crippen LogP contribution in [0.2, 0.25) is 0 Å². The van der Waals surface area contributed by atoms with E-state index < -0.39 is 11.8 Å². The molecule has 1 atom stereocenters. The van der Waals surface area contributed by atoms with E-state index in [9.17, 15) is 9.59 Å². The Morgan fingerprint density at radius 2 is 1.74 bits per heavy atom. The molecule has 6 heteroatoms. The van der Waals surface area contributed by atoms with E-state index in [1.54, 1.807) is 37.4 Å². The number of nitrogens with zero attached hydrogens (tertiary/aromatic N) is 3. The van der Waals surface area contributed by atoms with Crippen LogP contribution in [0, 0.1) is 0 Å². The Bertz CT molecular complexity index is 1540. The van der Waals surface area contributed by atoms with Crippen LogP contribution in [0.15, 0.2) is 102 Å². The number of hydrogen-bond acceptors (Lipinski definition) is 3. The van der Waals surface area contributed by atoms with Crippen LogP contribution >= 0.6 is 0 Å². The first-order valence-electron chi connectivity index (χ1n) is 10.9. The number of fused-ring (bicyclic) bond motifs is 3. The predicted molar refractivity (Wildman–Crippen MR) is 138 cm³/mol. The quantitative estimate of drug-likeness (QED) is 0.502. The van der Waals surface area contributed by atoms with Crippen molar-refractivity contribution in [2.45, 2.75) is 13.0 Å². The number of aromatic nitrogens is 3. The lowest BCUT2D eigenvalue weighted by molar-refractivity contribution is 0.147. The average Bonchev–Trinajstić information content (AvgIpc) is 3.21. The fraction of sp³-hybridized carbons (Fsp3) is 0.143. The molecule has 0 bridgehead atoms. The zero-order valence-corrected chi connectivity index (χ0v) is 19.6. The fourth-order valence-corrected chi connectivity index (χ4v) is 4.48. The van der Waals surface area contributed by atoms with Crippen LogP contribution in [-0.2, 0) is 18.8 Å². The summed E-state index contributed by atoms with van der Waals surface area (Å²) in [4.78, 5) is 26.5. The van der Waals surface area contributed by atoms with Crippen LogP contribution in [-0.4, -0.2) is 13.7 Å². The van der Waals surface area contributed by atoms with Crippen molar-refractivity contribution in [3.63, 3.8) is 0 Å². The summed E-state index contributed by atoms with van der Waals surface area (Å²) in [6.07, 6.45) is 9.91. The zero-order valence-electron chi connectivity index (χ0n) is 19.6. The number of aryl methyl sites for hydroxylation is 1. The van der Waals surface area contributed by atoms with E-state index in [0.717, 1.165) is 15.8 Å². The second-order valence-corrected chi connectivity index (χ2v) is 8.01. The molecule has 0 radical (unpaired) electrons. The minimum absolute atomic E-state index is 0.380. The van der Waals surface area contributed by atoms with E-state index in [2.05, 4.69) is 19.7 Å². The van der Waals surface area contributed by atoms with E-state index in [4.69, 9.17) is 4.74 Å². The molecule has 0 amide bonds. The summed E-state index contributed by atoms with van der Waals surface area (Å²) in [5.41, 5.74) is 3.47. The monoisotopic (exact) mass is 453 g/mol. The van der Waals surface area contributed by atoms with Gasteiger partial charge in [-0.05, 0) is 24.1 Å². The molecule has 1 aromatic carbocycles. The average molecular weight is 454 g/mol. The maximum absolute atomic E-state index is 13.5. The van der Waals surface area contributed by atoms with Crippen LogP contribution in [0.1, 0.15) is 30.0 Å². The zero-order chi connectivity index (χ0) is 24.6. The van der Waals surface area contributed by atoms with Gasteiger partial charge in [0, 0.05) is 14.1 Å². The van der Waals surface area contributed by atoms with Crippen LogP contribution in [0.3, 0.4) is 0 Å². The minimum Gasteiger partial charge on any atom is -0.478 e. The first kappa shape index (κ1) is 22.9. The van der Waals surface area contributed by atoms with Crippen molar-refractivity contribution in [1.29, 1.82) is 0 Å². The van der Waals surface area contributed by atoms with Crippen molar-refractivity contribution < 1.29 is 4.74 Å². The Morgan fingerprint density at radius 3 is 2.35 bits per heavy atom. The Morgan fingerprint density at radius 1 is 1.03 bits per heavy atom. The van der Waals surface area contributed by atoms with Gasteiger partial charge in [-0.1, -0.05) is 80.4 Å². The Hall–Kier alpha value is -4.32. The van der Waals surface area contributed by atoms with Crippen LogP contribution < -0.4 is 11.2 Å². The van der Waals surface area contributed by atoms with Crippen molar-refractivity contribution in [2.75, 3.05) is 0 Å². The summed E-state index contributed by atoms with van der Waals surface area (Å²) >= 11 is 0. The summed E-state index contributed by atoms with van der Waals surface area (Å²) in [5.74, 6) is 0.631. The van der Waals surface area contributed by atoms with Crippen molar-refractivity contribution in [1.82, 2.24) is 13.7 Å². The van der Waals surface area contributed by atoms with Crippen molar-refractivity contribution in [3.05, 3.63) is 130 Å². The molecule has 3 aromatic rings. The summed E-state index contributed by atoms with van der Waals surface area (Å²) in [7, 11) is 3.16. The highest BCUT2D eigenvalue weighted by molar-refractivity contribution is 5.98. The second-order valence-electron chi connectivity index (χ2n) is 8.01. The molecule has 6 nitrogen and oxygen atoms in total. The molecule has 0 saturated heterocycles. The second kappa shape index (κ2) is 8.90. The Kier molecular flexibility index (Phi) is 5.99. The molecular formula is C28H27N3O3. The molecular weight excluding hydrogens is 426 g/mol. The van der Waals surface area contributed by atoms with Gasteiger partial charge in [-0.25, -0.2) is 4.79 Å². The van der Waals surface area contributed by atoms with E-state index in [1.165, 1.54) is 11.6 Å². The SMILES string of the molecule is C=C/C=C\C1=C(C)n2c(/C(C=C)=C/C=C)c3c(=O)n(C)c(=O)n(C)c3c2C(c2ccccc2)O1. The lowest BCUT2D eigenvalue weighted by Crippen LogP contribution is -2.37. The predicted octanol–water partition coefficient (Wildman–Crippen LogP) is 4.84. The first-order valence-corrected chi connectivity index (χ1v) is 10.9. The minimum atomic E-state index is -0.557. The highest BCUT2D eigenvalue weighted by atomic mass is 16.5. The molecule has 1 aliphatic heterocycles. The Balaban J connectivity index is 2.32. The van der Waals surface area contributed by atoms with E-state index >= 15 is 0 Å². The van der Waals surface area contributed by atoms with Gasteiger partial charge < -0.3 is 9.30 Å². The molecule has 0 N–H and O–H groups in total. The number of benzene rings is 1. The molecule has 1 aliphatic rings. The maximum Gasteiger partial charge on any atom is 0.331 e. The van der Waals surface area contributed by atoms with Crippen molar-refractivity contribution in [3.8, 4) is 0 Å². The van der Waals surface area contributed by atoms with Gasteiger partial charge in [0.15, 0.2) is 6.10 Å². The largest absolute Gasteiger partial charge is 0.478 e. The van der Waals surface area contributed by atoms with Crippen LogP contribution in [0.5, 0.6) is 0 Å². The fourth-order valence-electron chi connectivity index (χ4n) is 4.48. The van der Waals surface area contributed by atoms with E-state index in [0.29, 0.717) is 33.6 Å². The summed E-state index contributed by atoms with van der Waals surface area (Å²) in [6.45, 7) is 13.5. The highest BCUT2D eigenvalue weighted by Gasteiger charge is 2.35. The first-order chi connectivity index (χ1) is 16.4. The number of allylic oxidation sites excluding steroid dienone is 8. The molecule has 0 saturated carbocycles. The van der Waals surface area contributed by atoms with E-state index in [1.807, 2.05) is 47.9 Å². The molecule has 34 heavy (non-hydrogen) atoms.